The van der Waals surface area contributed by atoms with Gasteiger partial charge in [0.05, 0.1) is 28.3 Å². The fourth-order valence-corrected chi connectivity index (χ4v) is 4.77. The topological polar surface area (TPSA) is 134 Å². The van der Waals surface area contributed by atoms with E-state index in [1.807, 2.05) is 30.3 Å². The molecule has 0 fully saturated rings. The van der Waals surface area contributed by atoms with Gasteiger partial charge in [0, 0.05) is 21.7 Å². The summed E-state index contributed by atoms with van der Waals surface area (Å²) in [5, 5.41) is 19.3. The number of fused-ring (bicyclic) bond motifs is 1. The Morgan fingerprint density at radius 3 is 2.42 bits per heavy atom. The maximum atomic E-state index is 13.4. The van der Waals surface area contributed by atoms with Gasteiger partial charge in [-0.15, -0.1) is 0 Å². The molecule has 3 aromatic carbocycles. The molecule has 0 unspecified atom stereocenters. The van der Waals surface area contributed by atoms with E-state index in [0.717, 1.165) is 11.1 Å². The number of nitrogens with one attached hydrogen (secondary N) is 2. The van der Waals surface area contributed by atoms with Crippen molar-refractivity contribution < 1.29 is 23.6 Å². The van der Waals surface area contributed by atoms with Crippen molar-refractivity contribution in [3.05, 3.63) is 75.0 Å². The Labute approximate surface area is 232 Å². The number of para-hydroxylation sites is 1. The lowest BCUT2D eigenvalue weighted by Gasteiger charge is -2.20. The van der Waals surface area contributed by atoms with E-state index in [2.05, 4.69) is 38.4 Å². The highest BCUT2D eigenvalue weighted by Gasteiger charge is 2.25. The summed E-state index contributed by atoms with van der Waals surface area (Å²) in [6.07, 6.45) is 0. The fraction of sp³-hybridized carbons (Fsp3) is 0.179. The second-order valence-corrected chi connectivity index (χ2v) is 10.5. The van der Waals surface area contributed by atoms with Crippen LogP contribution in [-0.4, -0.2) is 28.5 Å². The molecular formula is C28H23IN4O5. The average molecular weight is 622 g/mol. The predicted octanol–water partition coefficient (Wildman–Crippen LogP) is 6.14. The van der Waals surface area contributed by atoms with E-state index in [0.29, 0.717) is 20.2 Å². The van der Waals surface area contributed by atoms with E-state index in [-0.39, 0.29) is 28.4 Å². The molecule has 9 nitrogen and oxygen atoms in total. The molecule has 0 atom stereocenters. The van der Waals surface area contributed by atoms with Crippen LogP contribution >= 0.6 is 22.6 Å². The molecule has 0 radical (unpaired) electrons. The zero-order valence-electron chi connectivity index (χ0n) is 21.0. The van der Waals surface area contributed by atoms with Gasteiger partial charge in [-0.2, -0.15) is 5.26 Å². The molecule has 0 saturated carbocycles. The van der Waals surface area contributed by atoms with Crippen LogP contribution in [0.4, 0.5) is 11.4 Å². The first-order valence-corrected chi connectivity index (χ1v) is 12.6. The number of hydrogen-bond acceptors (Lipinski definition) is 7. The molecule has 4 rings (SSSR count). The monoisotopic (exact) mass is 622 g/mol. The van der Waals surface area contributed by atoms with Crippen molar-refractivity contribution in [3.63, 3.8) is 0 Å². The van der Waals surface area contributed by atoms with Crippen LogP contribution in [-0.2, 0) is 9.53 Å². The van der Waals surface area contributed by atoms with E-state index in [4.69, 9.17) is 9.26 Å². The van der Waals surface area contributed by atoms with Gasteiger partial charge in [0.15, 0.2) is 11.3 Å². The zero-order chi connectivity index (χ0) is 27.6. The molecule has 0 spiro atoms. The van der Waals surface area contributed by atoms with Gasteiger partial charge in [-0.25, -0.2) is 4.79 Å². The Kier molecular flexibility index (Phi) is 7.50. The number of nitriles is 1. The van der Waals surface area contributed by atoms with Gasteiger partial charge < -0.3 is 19.9 Å². The van der Waals surface area contributed by atoms with E-state index < -0.39 is 17.5 Å². The lowest BCUT2D eigenvalue weighted by molar-refractivity contribution is -0.114. The minimum atomic E-state index is -0.774. The standard InChI is InChI=1S/C28H23IN4O5/c1-15(34)31-20-8-6-5-7-17(20)18-10-12-22-23(24(18)29)25(33-38-22)26(35)32-21-11-9-16(14-30)13-19(21)27(36)37-28(2,3)4/h5-13H,1-4H3,(H,31,34)(H,32,35). The Bertz CT molecular complexity index is 1630. The van der Waals surface area contributed by atoms with Gasteiger partial charge in [-0.3, -0.25) is 9.59 Å². The fourth-order valence-electron chi connectivity index (χ4n) is 3.78. The van der Waals surface area contributed by atoms with Gasteiger partial charge in [0.1, 0.15) is 5.60 Å². The minimum absolute atomic E-state index is 0.0164. The third-order valence-corrected chi connectivity index (χ3v) is 6.45. The number of halogens is 1. The summed E-state index contributed by atoms with van der Waals surface area (Å²) >= 11 is 2.12. The lowest BCUT2D eigenvalue weighted by Crippen LogP contribution is -2.25. The number of carbonyl (C=O) groups excluding carboxylic acids is 3. The normalized spacial score (nSPS) is 11.1. The van der Waals surface area contributed by atoms with E-state index in [1.54, 1.807) is 32.9 Å². The molecule has 0 bridgehead atoms. The van der Waals surface area contributed by atoms with Crippen LogP contribution < -0.4 is 10.6 Å². The van der Waals surface area contributed by atoms with Crippen molar-refractivity contribution in [2.24, 2.45) is 0 Å². The number of nitrogens with zero attached hydrogens (tertiary/aromatic N) is 2. The molecule has 0 aliphatic rings. The highest BCUT2D eigenvalue weighted by Crippen LogP contribution is 2.37. The van der Waals surface area contributed by atoms with Crippen LogP contribution in [0.2, 0.25) is 0 Å². The Morgan fingerprint density at radius 2 is 1.74 bits per heavy atom. The van der Waals surface area contributed by atoms with Gasteiger partial charge in [-0.1, -0.05) is 23.4 Å². The largest absolute Gasteiger partial charge is 0.456 e. The molecule has 0 aliphatic heterocycles. The highest BCUT2D eigenvalue weighted by molar-refractivity contribution is 14.1. The smallest absolute Gasteiger partial charge is 0.340 e. The second-order valence-electron chi connectivity index (χ2n) is 9.39. The summed E-state index contributed by atoms with van der Waals surface area (Å²) < 4.78 is 11.6. The number of amides is 2. The van der Waals surface area contributed by atoms with Crippen LogP contribution in [0, 0.1) is 14.9 Å². The number of rotatable bonds is 5. The quantitative estimate of drug-likeness (QED) is 0.202. The summed E-state index contributed by atoms with van der Waals surface area (Å²) in [5.41, 5.74) is 2.25. The van der Waals surface area contributed by atoms with E-state index in [1.165, 1.54) is 25.1 Å². The van der Waals surface area contributed by atoms with Crippen molar-refractivity contribution in [1.82, 2.24) is 5.16 Å². The number of hydrogen-bond donors (Lipinski definition) is 2. The SMILES string of the molecule is CC(=O)Nc1ccccc1-c1ccc2onc(C(=O)Nc3ccc(C#N)cc3C(=O)OC(C)(C)C)c2c1I. The molecule has 192 valence electrons. The third-order valence-electron chi connectivity index (χ3n) is 5.33. The Balaban J connectivity index is 1.75. The molecule has 1 aromatic heterocycles. The van der Waals surface area contributed by atoms with Crippen molar-refractivity contribution in [1.29, 1.82) is 5.26 Å². The summed E-state index contributed by atoms with van der Waals surface area (Å²) in [6.45, 7) is 6.61. The van der Waals surface area contributed by atoms with Gasteiger partial charge in [0.25, 0.3) is 5.91 Å². The summed E-state index contributed by atoms with van der Waals surface area (Å²) in [5.74, 6) is -1.49. The van der Waals surface area contributed by atoms with Crippen LogP contribution in [0.25, 0.3) is 22.1 Å². The molecule has 4 aromatic rings. The van der Waals surface area contributed by atoms with Crippen LogP contribution in [0.3, 0.4) is 0 Å². The maximum absolute atomic E-state index is 13.4. The molecule has 38 heavy (non-hydrogen) atoms. The average Bonchev–Trinajstić information content (AvgIpc) is 3.29. The molecule has 10 heteroatoms. The molecule has 2 N–H and O–H groups in total. The van der Waals surface area contributed by atoms with Crippen LogP contribution in [0.5, 0.6) is 0 Å². The predicted molar refractivity (Wildman–Crippen MR) is 151 cm³/mol. The number of ether oxygens (including phenoxy) is 1. The maximum Gasteiger partial charge on any atom is 0.340 e. The zero-order valence-corrected chi connectivity index (χ0v) is 23.2. The molecular weight excluding hydrogens is 599 g/mol. The first-order valence-electron chi connectivity index (χ1n) is 11.5. The van der Waals surface area contributed by atoms with Crippen LogP contribution in [0.15, 0.2) is 59.1 Å². The summed E-state index contributed by atoms with van der Waals surface area (Å²) in [4.78, 5) is 38.0. The Hall–Kier alpha value is -4.24. The number of esters is 1. The number of benzene rings is 3. The highest BCUT2D eigenvalue weighted by atomic mass is 127. The van der Waals surface area contributed by atoms with Gasteiger partial charge >= 0.3 is 5.97 Å². The number of aromatic nitrogens is 1. The minimum Gasteiger partial charge on any atom is -0.456 e. The summed E-state index contributed by atoms with van der Waals surface area (Å²) in [7, 11) is 0. The van der Waals surface area contributed by atoms with Gasteiger partial charge in [0.2, 0.25) is 5.91 Å². The molecule has 0 saturated heterocycles. The van der Waals surface area contributed by atoms with Crippen molar-refractivity contribution in [2.75, 3.05) is 10.6 Å². The second kappa shape index (κ2) is 10.6. The lowest BCUT2D eigenvalue weighted by atomic mass is 10.0. The van der Waals surface area contributed by atoms with Crippen molar-refractivity contribution >= 4 is 62.7 Å². The van der Waals surface area contributed by atoms with E-state index >= 15 is 0 Å². The van der Waals surface area contributed by atoms with Crippen LogP contribution in [0.1, 0.15) is 54.1 Å². The van der Waals surface area contributed by atoms with Gasteiger partial charge in [-0.05, 0) is 85.3 Å². The number of anilines is 2. The molecule has 2 amide bonds. The van der Waals surface area contributed by atoms with Crippen molar-refractivity contribution in [2.45, 2.75) is 33.3 Å². The first kappa shape index (κ1) is 26.8. The third kappa shape index (κ3) is 5.68. The van der Waals surface area contributed by atoms with Crippen molar-refractivity contribution in [3.8, 4) is 17.2 Å². The molecule has 0 aliphatic carbocycles. The molecule has 1 heterocycles. The number of carbonyl (C=O) groups is 3. The Morgan fingerprint density at radius 1 is 1.00 bits per heavy atom. The van der Waals surface area contributed by atoms with E-state index in [9.17, 15) is 19.6 Å². The first-order chi connectivity index (χ1) is 18.0. The summed E-state index contributed by atoms with van der Waals surface area (Å²) in [6, 6.07) is 17.2.